The summed E-state index contributed by atoms with van der Waals surface area (Å²) in [5.74, 6) is -0.457. The standard InChI is InChI=1S/C24H25ClFN5O2/c1-13-10-21(14-2-3-14)29-22-18(12-27-31(13)22)24(33)28-17-7-4-15(5-8-17)23(32)30-20-9-6-16(26)11-19(20)25/h6,9-12,14-15,17H,2-5,7-8H2,1H3,(H,28,33)(H,30,32). The Morgan fingerprint density at radius 3 is 2.58 bits per heavy atom. The van der Waals surface area contributed by atoms with Gasteiger partial charge in [0.1, 0.15) is 11.4 Å². The highest BCUT2D eigenvalue weighted by atomic mass is 35.5. The number of nitrogens with one attached hydrogen (secondary N) is 2. The van der Waals surface area contributed by atoms with Crippen LogP contribution in [0.1, 0.15) is 66.2 Å². The van der Waals surface area contributed by atoms with Crippen molar-refractivity contribution < 1.29 is 14.0 Å². The van der Waals surface area contributed by atoms with Crippen molar-refractivity contribution in [2.24, 2.45) is 5.92 Å². The molecule has 1 aromatic carbocycles. The third kappa shape index (κ3) is 4.57. The molecular formula is C24H25ClFN5O2. The normalized spacial score (nSPS) is 20.6. The number of benzene rings is 1. The number of carbonyl (C=O) groups is 2. The van der Waals surface area contributed by atoms with Gasteiger partial charge in [-0.25, -0.2) is 13.9 Å². The molecule has 2 amide bonds. The topological polar surface area (TPSA) is 88.4 Å². The minimum absolute atomic E-state index is 0.0152. The monoisotopic (exact) mass is 469 g/mol. The van der Waals surface area contributed by atoms with Crippen LogP contribution in [-0.4, -0.2) is 32.5 Å². The zero-order valence-electron chi connectivity index (χ0n) is 18.3. The number of fused-ring (bicyclic) bond motifs is 1. The molecule has 2 N–H and O–H groups in total. The summed E-state index contributed by atoms with van der Waals surface area (Å²) in [6.07, 6.45) is 6.54. The zero-order chi connectivity index (χ0) is 23.1. The smallest absolute Gasteiger partial charge is 0.256 e. The number of anilines is 1. The number of nitrogens with zero attached hydrogens (tertiary/aromatic N) is 3. The van der Waals surface area contributed by atoms with E-state index in [9.17, 15) is 14.0 Å². The van der Waals surface area contributed by atoms with Crippen LogP contribution in [0.4, 0.5) is 10.1 Å². The number of amides is 2. The van der Waals surface area contributed by atoms with Crippen LogP contribution in [0.5, 0.6) is 0 Å². The molecule has 9 heteroatoms. The summed E-state index contributed by atoms with van der Waals surface area (Å²) >= 11 is 6.01. The van der Waals surface area contributed by atoms with Gasteiger partial charge in [0, 0.05) is 29.3 Å². The Bertz CT molecular complexity index is 1230. The van der Waals surface area contributed by atoms with Crippen LogP contribution in [-0.2, 0) is 4.79 Å². The lowest BCUT2D eigenvalue weighted by Crippen LogP contribution is -2.39. The molecule has 2 aliphatic carbocycles. The number of aryl methyl sites for hydroxylation is 1. The summed E-state index contributed by atoms with van der Waals surface area (Å²) in [6.45, 7) is 1.97. The van der Waals surface area contributed by atoms with E-state index in [4.69, 9.17) is 16.6 Å². The first-order chi connectivity index (χ1) is 15.9. The van der Waals surface area contributed by atoms with Crippen LogP contribution in [0.25, 0.3) is 5.65 Å². The Kier molecular flexibility index (Phi) is 5.78. The van der Waals surface area contributed by atoms with E-state index in [0.29, 0.717) is 48.5 Å². The average molecular weight is 470 g/mol. The van der Waals surface area contributed by atoms with Crippen LogP contribution in [0.3, 0.4) is 0 Å². The third-order valence-electron chi connectivity index (χ3n) is 6.53. The summed E-state index contributed by atoms with van der Waals surface area (Å²) in [6, 6.07) is 5.93. The Labute approximate surface area is 195 Å². The second-order valence-corrected chi connectivity index (χ2v) is 9.43. The highest BCUT2D eigenvalue weighted by molar-refractivity contribution is 6.33. The van der Waals surface area contributed by atoms with Crippen molar-refractivity contribution in [3.8, 4) is 0 Å². The van der Waals surface area contributed by atoms with E-state index in [-0.39, 0.29) is 28.8 Å². The van der Waals surface area contributed by atoms with E-state index in [1.807, 2.05) is 13.0 Å². The van der Waals surface area contributed by atoms with Gasteiger partial charge in [-0.2, -0.15) is 5.10 Å². The zero-order valence-corrected chi connectivity index (χ0v) is 19.0. The van der Waals surface area contributed by atoms with Gasteiger partial charge in [0.2, 0.25) is 5.91 Å². The van der Waals surface area contributed by atoms with Gasteiger partial charge in [-0.1, -0.05) is 11.6 Å². The molecule has 2 heterocycles. The van der Waals surface area contributed by atoms with Crippen LogP contribution >= 0.6 is 11.6 Å². The number of aromatic nitrogens is 3. The number of halogens is 2. The fourth-order valence-corrected chi connectivity index (χ4v) is 4.69. The molecule has 0 atom stereocenters. The summed E-state index contributed by atoms with van der Waals surface area (Å²) in [4.78, 5) is 30.3. The molecule has 0 saturated heterocycles. The summed E-state index contributed by atoms with van der Waals surface area (Å²) in [5.41, 5.74) is 3.47. The van der Waals surface area contributed by atoms with Gasteiger partial charge < -0.3 is 10.6 Å². The molecule has 2 saturated carbocycles. The highest BCUT2D eigenvalue weighted by Gasteiger charge is 2.30. The first kappa shape index (κ1) is 21.8. The van der Waals surface area contributed by atoms with E-state index in [0.717, 1.165) is 24.2 Å². The second-order valence-electron chi connectivity index (χ2n) is 9.03. The Morgan fingerprint density at radius 1 is 1.12 bits per heavy atom. The molecule has 33 heavy (non-hydrogen) atoms. The number of hydrogen-bond acceptors (Lipinski definition) is 4. The van der Waals surface area contributed by atoms with Crippen molar-refractivity contribution in [2.45, 2.75) is 57.4 Å². The predicted octanol–water partition coefficient (Wildman–Crippen LogP) is 4.63. The maximum atomic E-state index is 13.2. The van der Waals surface area contributed by atoms with Crippen molar-refractivity contribution in [1.29, 1.82) is 0 Å². The quantitative estimate of drug-likeness (QED) is 0.570. The SMILES string of the molecule is Cc1cc(C2CC2)nc2c(C(=O)NC3CCC(C(=O)Nc4ccc(F)cc4Cl)CC3)cnn12. The van der Waals surface area contributed by atoms with Gasteiger partial charge in [0.15, 0.2) is 5.65 Å². The van der Waals surface area contributed by atoms with Crippen molar-refractivity contribution in [3.05, 3.63) is 58.3 Å². The van der Waals surface area contributed by atoms with E-state index in [1.165, 1.54) is 18.2 Å². The molecule has 0 radical (unpaired) electrons. The third-order valence-corrected chi connectivity index (χ3v) is 6.84. The summed E-state index contributed by atoms with van der Waals surface area (Å²) < 4.78 is 14.9. The maximum absolute atomic E-state index is 13.2. The van der Waals surface area contributed by atoms with Gasteiger partial charge in [0.25, 0.3) is 5.91 Å². The van der Waals surface area contributed by atoms with Crippen molar-refractivity contribution in [3.63, 3.8) is 0 Å². The molecule has 0 aliphatic heterocycles. The Morgan fingerprint density at radius 2 is 1.88 bits per heavy atom. The molecule has 2 aliphatic rings. The van der Waals surface area contributed by atoms with Crippen molar-refractivity contribution in [2.75, 3.05) is 5.32 Å². The lowest BCUT2D eigenvalue weighted by Gasteiger charge is -2.28. The maximum Gasteiger partial charge on any atom is 0.256 e. The lowest BCUT2D eigenvalue weighted by molar-refractivity contribution is -0.120. The summed E-state index contributed by atoms with van der Waals surface area (Å²) in [7, 11) is 0. The average Bonchev–Trinajstić information content (AvgIpc) is 3.55. The fraction of sp³-hybridized carbons (Fsp3) is 0.417. The molecule has 0 unspecified atom stereocenters. The van der Waals surface area contributed by atoms with Crippen LogP contribution in [0.2, 0.25) is 5.02 Å². The van der Waals surface area contributed by atoms with Gasteiger partial charge >= 0.3 is 0 Å². The molecular weight excluding hydrogens is 445 g/mol. The lowest BCUT2D eigenvalue weighted by atomic mass is 9.85. The van der Waals surface area contributed by atoms with E-state index >= 15 is 0 Å². The molecule has 5 rings (SSSR count). The largest absolute Gasteiger partial charge is 0.349 e. The molecule has 3 aromatic rings. The van der Waals surface area contributed by atoms with Crippen molar-refractivity contribution >= 4 is 34.7 Å². The minimum atomic E-state index is -0.449. The summed E-state index contributed by atoms with van der Waals surface area (Å²) in [5, 5.41) is 10.4. The molecule has 2 aromatic heterocycles. The first-order valence-electron chi connectivity index (χ1n) is 11.3. The van der Waals surface area contributed by atoms with Crippen LogP contribution in [0, 0.1) is 18.7 Å². The van der Waals surface area contributed by atoms with E-state index in [1.54, 1.807) is 10.7 Å². The number of hydrogen-bond donors (Lipinski definition) is 2. The molecule has 2 fully saturated rings. The minimum Gasteiger partial charge on any atom is -0.349 e. The van der Waals surface area contributed by atoms with Gasteiger partial charge in [0.05, 0.1) is 16.9 Å². The molecule has 0 bridgehead atoms. The molecule has 7 nitrogen and oxygen atoms in total. The van der Waals surface area contributed by atoms with Gasteiger partial charge in [-0.3, -0.25) is 9.59 Å². The Balaban J connectivity index is 1.20. The Hall–Kier alpha value is -3.00. The second kappa shape index (κ2) is 8.74. The van der Waals surface area contributed by atoms with Crippen LogP contribution < -0.4 is 10.6 Å². The number of rotatable bonds is 5. The molecule has 172 valence electrons. The van der Waals surface area contributed by atoms with E-state index in [2.05, 4.69) is 15.7 Å². The van der Waals surface area contributed by atoms with Crippen LogP contribution in [0.15, 0.2) is 30.5 Å². The fourth-order valence-electron chi connectivity index (χ4n) is 4.47. The molecule has 0 spiro atoms. The van der Waals surface area contributed by atoms with Gasteiger partial charge in [-0.15, -0.1) is 0 Å². The number of carbonyl (C=O) groups excluding carboxylic acids is 2. The van der Waals surface area contributed by atoms with E-state index < -0.39 is 5.82 Å². The first-order valence-corrected chi connectivity index (χ1v) is 11.7. The van der Waals surface area contributed by atoms with Crippen molar-refractivity contribution in [1.82, 2.24) is 19.9 Å². The predicted molar refractivity (Wildman–Crippen MR) is 123 cm³/mol. The van der Waals surface area contributed by atoms with Gasteiger partial charge in [-0.05, 0) is 69.7 Å². The highest BCUT2D eigenvalue weighted by Crippen LogP contribution is 2.39.